The molecular weight excluding hydrogens is 350 g/mol. The summed E-state index contributed by atoms with van der Waals surface area (Å²) in [5, 5.41) is 0. The molecular formula is C16H17NO5S2. The lowest BCUT2D eigenvalue weighted by atomic mass is 10.1. The van der Waals surface area contributed by atoms with Gasteiger partial charge in [0.2, 0.25) is 0 Å². The molecule has 0 radical (unpaired) electrons. The van der Waals surface area contributed by atoms with Crippen LogP contribution in [0.2, 0.25) is 0 Å². The van der Waals surface area contributed by atoms with Crippen molar-refractivity contribution in [2.24, 2.45) is 0 Å². The largest absolute Gasteiger partial charge is 0.497 e. The molecule has 128 valence electrons. The van der Waals surface area contributed by atoms with Gasteiger partial charge in [0, 0.05) is 11.6 Å². The second kappa shape index (κ2) is 8.16. The molecule has 8 heteroatoms. The number of amides is 1. The zero-order valence-corrected chi connectivity index (χ0v) is 15.2. The van der Waals surface area contributed by atoms with Crippen LogP contribution in [0.15, 0.2) is 23.1 Å². The highest BCUT2D eigenvalue weighted by atomic mass is 32.2. The molecule has 0 unspecified atom stereocenters. The van der Waals surface area contributed by atoms with E-state index in [0.29, 0.717) is 20.7 Å². The number of ether oxygens (including phenoxy) is 3. The van der Waals surface area contributed by atoms with Crippen molar-refractivity contribution in [2.45, 2.75) is 6.92 Å². The second-order valence-electron chi connectivity index (χ2n) is 4.68. The number of thioether (sulfide) groups is 1. The topological polar surface area (TPSA) is 65.1 Å². The van der Waals surface area contributed by atoms with Crippen molar-refractivity contribution in [1.29, 1.82) is 0 Å². The number of methoxy groups -OCH3 is 2. The van der Waals surface area contributed by atoms with Crippen LogP contribution in [0.4, 0.5) is 0 Å². The van der Waals surface area contributed by atoms with Crippen molar-refractivity contribution >= 4 is 46.3 Å². The summed E-state index contributed by atoms with van der Waals surface area (Å²) in [7, 11) is 3.10. The number of carbonyl (C=O) groups excluding carboxylic acids is 2. The molecule has 1 aliphatic heterocycles. The van der Waals surface area contributed by atoms with Crippen molar-refractivity contribution in [3.05, 3.63) is 28.7 Å². The van der Waals surface area contributed by atoms with Crippen molar-refractivity contribution < 1.29 is 23.8 Å². The van der Waals surface area contributed by atoms with E-state index < -0.39 is 5.97 Å². The number of carbonyl (C=O) groups is 2. The Kier molecular flexibility index (Phi) is 6.22. The van der Waals surface area contributed by atoms with Crippen molar-refractivity contribution in [3.63, 3.8) is 0 Å². The molecule has 0 bridgehead atoms. The normalized spacial score (nSPS) is 15.8. The Hall–Kier alpha value is -2.06. The van der Waals surface area contributed by atoms with E-state index in [2.05, 4.69) is 0 Å². The van der Waals surface area contributed by atoms with Gasteiger partial charge in [0.05, 0.1) is 25.7 Å². The van der Waals surface area contributed by atoms with Crippen LogP contribution in [0.3, 0.4) is 0 Å². The van der Waals surface area contributed by atoms with Crippen molar-refractivity contribution in [2.75, 3.05) is 27.4 Å². The highest BCUT2D eigenvalue weighted by molar-refractivity contribution is 8.26. The molecule has 6 nitrogen and oxygen atoms in total. The number of thiocarbonyl (C=S) groups is 1. The number of hydrogen-bond donors (Lipinski definition) is 0. The van der Waals surface area contributed by atoms with Gasteiger partial charge in [0.15, 0.2) is 0 Å². The molecule has 0 saturated carbocycles. The Morgan fingerprint density at radius 2 is 2.08 bits per heavy atom. The molecule has 1 fully saturated rings. The van der Waals surface area contributed by atoms with Gasteiger partial charge in [-0.2, -0.15) is 0 Å². The molecule has 0 N–H and O–H groups in total. The molecule has 0 aromatic heterocycles. The van der Waals surface area contributed by atoms with Gasteiger partial charge in [-0.15, -0.1) is 0 Å². The maximum absolute atomic E-state index is 12.5. The summed E-state index contributed by atoms with van der Waals surface area (Å²) in [6.07, 6.45) is 1.68. The lowest BCUT2D eigenvalue weighted by Gasteiger charge is -2.12. The van der Waals surface area contributed by atoms with Crippen LogP contribution in [-0.2, 0) is 14.3 Å². The first-order valence-corrected chi connectivity index (χ1v) is 8.35. The minimum absolute atomic E-state index is 0.185. The molecule has 1 amide bonds. The highest BCUT2D eigenvalue weighted by Crippen LogP contribution is 2.35. The number of benzene rings is 1. The monoisotopic (exact) mass is 367 g/mol. The molecule has 2 rings (SSSR count). The first kappa shape index (κ1) is 18.3. The number of rotatable bonds is 6. The first-order valence-electron chi connectivity index (χ1n) is 7.13. The fraction of sp³-hybridized carbons (Fsp3) is 0.312. The molecule has 1 aromatic rings. The minimum Gasteiger partial charge on any atom is -0.497 e. The summed E-state index contributed by atoms with van der Waals surface area (Å²) in [4.78, 5) is 25.7. The van der Waals surface area contributed by atoms with E-state index in [9.17, 15) is 9.59 Å². The maximum atomic E-state index is 12.5. The van der Waals surface area contributed by atoms with Gasteiger partial charge < -0.3 is 14.2 Å². The molecule has 0 atom stereocenters. The molecule has 0 aliphatic carbocycles. The summed E-state index contributed by atoms with van der Waals surface area (Å²) in [5.74, 6) is 0.414. The summed E-state index contributed by atoms with van der Waals surface area (Å²) in [6, 6.07) is 5.29. The van der Waals surface area contributed by atoms with E-state index in [1.807, 2.05) is 0 Å². The lowest BCUT2D eigenvalue weighted by molar-refractivity contribution is -0.145. The van der Waals surface area contributed by atoms with Crippen molar-refractivity contribution in [1.82, 2.24) is 4.90 Å². The number of esters is 1. The van der Waals surface area contributed by atoms with E-state index >= 15 is 0 Å². The molecule has 24 heavy (non-hydrogen) atoms. The van der Waals surface area contributed by atoms with E-state index in [1.54, 1.807) is 38.3 Å². The third-order valence-electron chi connectivity index (χ3n) is 3.19. The Labute approximate surface area is 149 Å². The van der Waals surface area contributed by atoms with E-state index in [-0.39, 0.29) is 19.1 Å². The summed E-state index contributed by atoms with van der Waals surface area (Å²) in [5.41, 5.74) is 0.718. The van der Waals surface area contributed by atoms with Gasteiger partial charge in [0.1, 0.15) is 22.4 Å². The summed E-state index contributed by atoms with van der Waals surface area (Å²) in [6.45, 7) is 1.78. The third-order valence-corrected chi connectivity index (χ3v) is 4.57. The fourth-order valence-electron chi connectivity index (χ4n) is 2.05. The van der Waals surface area contributed by atoms with E-state index in [0.717, 1.165) is 17.3 Å². The van der Waals surface area contributed by atoms with Crippen LogP contribution >= 0.6 is 24.0 Å². The van der Waals surface area contributed by atoms with Gasteiger partial charge in [-0.3, -0.25) is 14.5 Å². The second-order valence-corrected chi connectivity index (χ2v) is 6.36. The van der Waals surface area contributed by atoms with Crippen LogP contribution in [0.1, 0.15) is 12.5 Å². The quantitative estimate of drug-likeness (QED) is 0.435. The third kappa shape index (κ3) is 4.07. The molecule has 0 spiro atoms. The Morgan fingerprint density at radius 1 is 1.33 bits per heavy atom. The lowest BCUT2D eigenvalue weighted by Crippen LogP contribution is -2.34. The summed E-state index contributed by atoms with van der Waals surface area (Å²) >= 11 is 6.32. The van der Waals surface area contributed by atoms with Gasteiger partial charge in [-0.25, -0.2) is 0 Å². The number of hydrogen-bond acceptors (Lipinski definition) is 7. The predicted octanol–water partition coefficient (Wildman–Crippen LogP) is 2.47. The van der Waals surface area contributed by atoms with Gasteiger partial charge in [-0.1, -0.05) is 24.0 Å². The van der Waals surface area contributed by atoms with E-state index in [1.165, 1.54) is 12.0 Å². The van der Waals surface area contributed by atoms with Crippen molar-refractivity contribution in [3.8, 4) is 11.5 Å². The Bertz CT molecular complexity index is 702. The van der Waals surface area contributed by atoms with Gasteiger partial charge >= 0.3 is 5.97 Å². The smallest absolute Gasteiger partial charge is 0.326 e. The highest BCUT2D eigenvalue weighted by Gasteiger charge is 2.33. The molecule has 1 saturated heterocycles. The Balaban J connectivity index is 2.24. The molecule has 1 aromatic carbocycles. The van der Waals surface area contributed by atoms with Crippen LogP contribution in [0, 0.1) is 0 Å². The fourth-order valence-corrected chi connectivity index (χ4v) is 3.30. The summed E-state index contributed by atoms with van der Waals surface area (Å²) < 4.78 is 15.7. The zero-order valence-electron chi connectivity index (χ0n) is 13.5. The SMILES string of the molecule is CCOC(=O)CN1C(=O)/C(=C/c2ccc(OC)cc2OC)SC1=S. The average Bonchev–Trinajstić information content (AvgIpc) is 2.83. The van der Waals surface area contributed by atoms with Crippen LogP contribution in [-0.4, -0.2) is 48.5 Å². The average molecular weight is 367 g/mol. The Morgan fingerprint density at radius 3 is 2.71 bits per heavy atom. The van der Waals surface area contributed by atoms with Gasteiger partial charge in [0.25, 0.3) is 5.91 Å². The molecule has 1 aliphatic rings. The van der Waals surface area contributed by atoms with Gasteiger partial charge in [-0.05, 0) is 25.1 Å². The van der Waals surface area contributed by atoms with Crippen LogP contribution in [0.5, 0.6) is 11.5 Å². The zero-order chi connectivity index (χ0) is 17.7. The standard InChI is InChI=1S/C16H17NO5S2/c1-4-22-14(18)9-17-15(19)13(24-16(17)23)7-10-5-6-11(20-2)8-12(10)21-3/h5-8H,4,9H2,1-3H3/b13-7-. The van der Waals surface area contributed by atoms with Crippen LogP contribution in [0.25, 0.3) is 6.08 Å². The predicted molar refractivity (Wildman–Crippen MR) is 96.1 cm³/mol. The van der Waals surface area contributed by atoms with Crippen LogP contribution < -0.4 is 9.47 Å². The van der Waals surface area contributed by atoms with E-state index in [4.69, 9.17) is 26.4 Å². The number of nitrogens with zero attached hydrogens (tertiary/aromatic N) is 1. The maximum Gasteiger partial charge on any atom is 0.326 e. The first-order chi connectivity index (χ1) is 11.5. The minimum atomic E-state index is -0.489. The molecule has 1 heterocycles.